The second-order valence-corrected chi connectivity index (χ2v) is 6.56. The monoisotopic (exact) mass is 437 g/mol. The Morgan fingerprint density at radius 1 is 1.41 bits per heavy atom. The molecule has 1 heterocycles. The highest BCUT2D eigenvalue weighted by Crippen LogP contribution is 2.43. The number of methoxy groups -OCH3 is 1. The first-order chi connectivity index (χ1) is 10.3. The molecule has 0 bridgehead atoms. The van der Waals surface area contributed by atoms with Gasteiger partial charge in [0.25, 0.3) is 0 Å². The van der Waals surface area contributed by atoms with Gasteiger partial charge in [-0.3, -0.25) is 0 Å². The highest BCUT2D eigenvalue weighted by molar-refractivity contribution is 14.0. The quantitative estimate of drug-likeness (QED) is 0.371. The molecule has 1 saturated carbocycles. The van der Waals surface area contributed by atoms with Crippen LogP contribution in [-0.4, -0.2) is 32.8 Å². The lowest BCUT2D eigenvalue weighted by Crippen LogP contribution is -2.46. The number of halogens is 1. The van der Waals surface area contributed by atoms with E-state index in [2.05, 4.69) is 39.4 Å². The summed E-state index contributed by atoms with van der Waals surface area (Å²) in [5, 5.41) is 11.1. The molecule has 1 fully saturated rings. The van der Waals surface area contributed by atoms with Crippen molar-refractivity contribution in [3.8, 4) is 0 Å². The summed E-state index contributed by atoms with van der Waals surface area (Å²) in [6.45, 7) is 5.58. The lowest BCUT2D eigenvalue weighted by atomic mass is 9.67. The Morgan fingerprint density at radius 2 is 2.23 bits per heavy atom. The van der Waals surface area contributed by atoms with Crippen molar-refractivity contribution in [3.05, 3.63) is 22.4 Å². The second kappa shape index (κ2) is 10.4. The predicted octanol–water partition coefficient (Wildman–Crippen LogP) is 3.63. The second-order valence-electron chi connectivity index (χ2n) is 5.78. The Hall–Kier alpha value is -0.340. The molecule has 126 valence electrons. The average molecular weight is 437 g/mol. The van der Waals surface area contributed by atoms with E-state index in [1.807, 2.05) is 0 Å². The lowest BCUT2D eigenvalue weighted by Gasteiger charge is -2.42. The van der Waals surface area contributed by atoms with Crippen LogP contribution >= 0.6 is 35.3 Å². The summed E-state index contributed by atoms with van der Waals surface area (Å²) in [7, 11) is 1.78. The number of thiophene rings is 1. The maximum absolute atomic E-state index is 5.25. The van der Waals surface area contributed by atoms with Gasteiger partial charge in [-0.15, -0.1) is 24.0 Å². The normalized spacial score (nSPS) is 16.5. The van der Waals surface area contributed by atoms with Crippen molar-refractivity contribution >= 4 is 41.3 Å². The van der Waals surface area contributed by atoms with Gasteiger partial charge in [-0.1, -0.05) is 6.42 Å². The van der Waals surface area contributed by atoms with Gasteiger partial charge in [0.15, 0.2) is 5.96 Å². The van der Waals surface area contributed by atoms with Crippen molar-refractivity contribution in [2.45, 2.75) is 39.2 Å². The van der Waals surface area contributed by atoms with E-state index in [-0.39, 0.29) is 24.0 Å². The van der Waals surface area contributed by atoms with Crippen LogP contribution in [0.15, 0.2) is 21.8 Å². The van der Waals surface area contributed by atoms with E-state index in [0.29, 0.717) is 5.41 Å². The number of aliphatic imine (C=N–C) groups is 1. The molecule has 0 radical (unpaired) electrons. The number of hydrogen-bond donors (Lipinski definition) is 2. The molecule has 0 unspecified atom stereocenters. The van der Waals surface area contributed by atoms with Crippen LogP contribution in [0.1, 0.15) is 38.2 Å². The zero-order valence-corrected chi connectivity index (χ0v) is 16.7. The average Bonchev–Trinajstić information content (AvgIpc) is 2.96. The summed E-state index contributed by atoms with van der Waals surface area (Å²) in [5.41, 5.74) is 1.68. The van der Waals surface area contributed by atoms with Crippen molar-refractivity contribution in [1.82, 2.24) is 10.6 Å². The van der Waals surface area contributed by atoms with Gasteiger partial charge in [-0.05, 0) is 54.0 Å². The zero-order chi connectivity index (χ0) is 15.0. The van der Waals surface area contributed by atoms with Gasteiger partial charge in [0, 0.05) is 26.8 Å². The number of hydrogen-bond acceptors (Lipinski definition) is 3. The maximum Gasteiger partial charge on any atom is 0.191 e. The molecule has 0 atom stereocenters. The van der Waals surface area contributed by atoms with Gasteiger partial charge in [0.05, 0.1) is 6.54 Å². The molecule has 1 aromatic rings. The van der Waals surface area contributed by atoms with Crippen LogP contribution in [0, 0.1) is 5.41 Å². The summed E-state index contributed by atoms with van der Waals surface area (Å²) in [6, 6.07) is 2.13. The van der Waals surface area contributed by atoms with Gasteiger partial charge in [0.2, 0.25) is 0 Å². The van der Waals surface area contributed by atoms with Crippen molar-refractivity contribution in [3.63, 3.8) is 0 Å². The number of guanidine groups is 1. The van der Waals surface area contributed by atoms with Crippen molar-refractivity contribution in [2.75, 3.05) is 26.8 Å². The summed E-state index contributed by atoms with van der Waals surface area (Å²) < 4.78 is 5.25. The van der Waals surface area contributed by atoms with E-state index in [4.69, 9.17) is 4.74 Å². The summed E-state index contributed by atoms with van der Waals surface area (Å²) in [4.78, 5) is 4.67. The fourth-order valence-electron chi connectivity index (χ4n) is 2.68. The first kappa shape index (κ1) is 19.7. The number of nitrogens with zero attached hydrogens (tertiary/aromatic N) is 1. The third kappa shape index (κ3) is 6.04. The van der Waals surface area contributed by atoms with Crippen molar-refractivity contribution < 1.29 is 4.74 Å². The molecule has 0 aliphatic heterocycles. The largest absolute Gasteiger partial charge is 0.385 e. The Kier molecular flexibility index (Phi) is 9.35. The molecule has 4 nitrogen and oxygen atoms in total. The third-order valence-electron chi connectivity index (χ3n) is 4.23. The summed E-state index contributed by atoms with van der Waals surface area (Å²) in [6.07, 6.45) is 5.08. The standard InChI is InChI=1S/C16H27N3OS.HI/c1-3-17-15(18-11-14-5-10-21-12-14)19-13-16(6-4-7-16)8-9-20-2;/h5,10,12H,3-4,6-9,11,13H2,1-2H3,(H2,17,18,19);1H. The fourth-order valence-corrected chi connectivity index (χ4v) is 3.34. The first-order valence-corrected chi connectivity index (χ1v) is 8.74. The van der Waals surface area contributed by atoms with E-state index in [9.17, 15) is 0 Å². The molecule has 0 amide bonds. The van der Waals surface area contributed by atoms with Crippen molar-refractivity contribution in [1.29, 1.82) is 0 Å². The van der Waals surface area contributed by atoms with Gasteiger partial charge >= 0.3 is 0 Å². The third-order valence-corrected chi connectivity index (χ3v) is 4.96. The Morgan fingerprint density at radius 3 is 2.77 bits per heavy atom. The van der Waals surface area contributed by atoms with Gasteiger partial charge in [-0.2, -0.15) is 11.3 Å². The van der Waals surface area contributed by atoms with Crippen LogP contribution in [0.4, 0.5) is 0 Å². The molecule has 0 spiro atoms. The molecule has 6 heteroatoms. The predicted molar refractivity (Wildman–Crippen MR) is 105 cm³/mol. The fraction of sp³-hybridized carbons (Fsp3) is 0.688. The van der Waals surface area contributed by atoms with Crippen LogP contribution in [-0.2, 0) is 11.3 Å². The van der Waals surface area contributed by atoms with Crippen LogP contribution < -0.4 is 10.6 Å². The van der Waals surface area contributed by atoms with Gasteiger partial charge in [0.1, 0.15) is 0 Å². The van der Waals surface area contributed by atoms with E-state index < -0.39 is 0 Å². The topological polar surface area (TPSA) is 45.7 Å². The van der Waals surface area contributed by atoms with E-state index in [1.54, 1.807) is 18.4 Å². The summed E-state index contributed by atoms with van der Waals surface area (Å²) in [5.74, 6) is 0.924. The molecule has 22 heavy (non-hydrogen) atoms. The molecule has 1 aromatic heterocycles. The Bertz CT molecular complexity index is 433. The van der Waals surface area contributed by atoms with E-state index in [1.165, 1.54) is 24.8 Å². The SMILES string of the molecule is CCNC(=NCc1ccsc1)NCC1(CCOC)CCC1.I. The van der Waals surface area contributed by atoms with Gasteiger partial charge in [-0.25, -0.2) is 4.99 Å². The minimum atomic E-state index is 0. The Balaban J connectivity index is 0.00000242. The van der Waals surface area contributed by atoms with Crippen LogP contribution in [0.3, 0.4) is 0 Å². The molecule has 1 aliphatic carbocycles. The lowest BCUT2D eigenvalue weighted by molar-refractivity contribution is 0.0732. The minimum absolute atomic E-state index is 0. The number of ether oxygens (including phenoxy) is 1. The van der Waals surface area contributed by atoms with Gasteiger partial charge < -0.3 is 15.4 Å². The minimum Gasteiger partial charge on any atom is -0.385 e. The first-order valence-electron chi connectivity index (χ1n) is 7.80. The Labute approximate surface area is 155 Å². The molecular weight excluding hydrogens is 409 g/mol. The number of rotatable bonds is 8. The van der Waals surface area contributed by atoms with Crippen molar-refractivity contribution in [2.24, 2.45) is 10.4 Å². The number of nitrogens with one attached hydrogen (secondary N) is 2. The summed E-state index contributed by atoms with van der Waals surface area (Å²) >= 11 is 1.72. The van der Waals surface area contributed by atoms with Crippen LogP contribution in [0.5, 0.6) is 0 Å². The molecule has 2 rings (SSSR count). The highest BCUT2D eigenvalue weighted by atomic mass is 127. The molecule has 0 saturated heterocycles. The maximum atomic E-state index is 5.25. The molecule has 2 N–H and O–H groups in total. The van der Waals surface area contributed by atoms with Crippen LogP contribution in [0.2, 0.25) is 0 Å². The zero-order valence-electron chi connectivity index (χ0n) is 13.6. The van der Waals surface area contributed by atoms with E-state index in [0.717, 1.165) is 38.6 Å². The van der Waals surface area contributed by atoms with E-state index >= 15 is 0 Å². The smallest absolute Gasteiger partial charge is 0.191 e. The molecule has 1 aliphatic rings. The van der Waals surface area contributed by atoms with Crippen LogP contribution in [0.25, 0.3) is 0 Å². The molecular formula is C16H28IN3OS. The highest BCUT2D eigenvalue weighted by Gasteiger charge is 2.36. The molecule has 0 aromatic carbocycles.